The van der Waals surface area contributed by atoms with Crippen molar-refractivity contribution in [2.45, 2.75) is 44.6 Å². The van der Waals surface area contributed by atoms with E-state index < -0.39 is 34.4 Å². The van der Waals surface area contributed by atoms with Gasteiger partial charge in [-0.1, -0.05) is 24.6 Å². The summed E-state index contributed by atoms with van der Waals surface area (Å²) in [6.45, 7) is 4.54. The third-order valence-electron chi connectivity index (χ3n) is 4.33. The molecule has 2 aromatic rings. The molecule has 1 amide bonds. The number of Topliss-reactive ketones (excluding diaryl/α,β-unsaturated/α-hetero) is 1. The van der Waals surface area contributed by atoms with Crippen LogP contribution in [-0.2, 0) is 24.3 Å². The van der Waals surface area contributed by atoms with Crippen molar-refractivity contribution in [3.63, 3.8) is 0 Å². The van der Waals surface area contributed by atoms with E-state index in [9.17, 15) is 22.8 Å². The Morgan fingerprint density at radius 2 is 1.61 bits per heavy atom. The number of carbonyl (C=O) groups is 3. The van der Waals surface area contributed by atoms with Gasteiger partial charge in [0, 0.05) is 17.7 Å². The second-order valence-corrected chi connectivity index (χ2v) is 8.78. The van der Waals surface area contributed by atoms with E-state index in [0.29, 0.717) is 17.7 Å². The molecule has 0 fully saturated rings. The molecule has 2 rings (SSSR count). The molecule has 0 unspecified atom stereocenters. The Balaban J connectivity index is 1.88. The van der Waals surface area contributed by atoms with Crippen LogP contribution in [0.4, 0.5) is 5.69 Å². The molecule has 0 radical (unpaired) electrons. The van der Waals surface area contributed by atoms with Gasteiger partial charge in [-0.3, -0.25) is 14.4 Å². The summed E-state index contributed by atoms with van der Waals surface area (Å²) in [6, 6.07) is 11.2. The number of amides is 1. The van der Waals surface area contributed by atoms with Crippen LogP contribution in [0, 0.1) is 6.92 Å². The van der Waals surface area contributed by atoms with E-state index in [2.05, 4.69) is 10.0 Å². The second-order valence-electron chi connectivity index (χ2n) is 7.06. The highest BCUT2D eigenvalue weighted by atomic mass is 32.2. The lowest BCUT2D eigenvalue weighted by atomic mass is 10.1. The molecule has 0 saturated heterocycles. The highest BCUT2D eigenvalue weighted by Crippen LogP contribution is 2.12. The number of ketones is 1. The van der Waals surface area contributed by atoms with Crippen LogP contribution in [0.25, 0.3) is 0 Å². The minimum atomic E-state index is -3.90. The van der Waals surface area contributed by atoms with Gasteiger partial charge in [-0.05, 0) is 56.7 Å². The van der Waals surface area contributed by atoms with Crippen LogP contribution in [-0.4, -0.2) is 38.7 Å². The van der Waals surface area contributed by atoms with E-state index in [-0.39, 0.29) is 10.8 Å². The number of sulfonamides is 1. The normalized spacial score (nSPS) is 12.1. The predicted molar refractivity (Wildman–Crippen MR) is 116 cm³/mol. The lowest BCUT2D eigenvalue weighted by molar-refractivity contribution is -0.144. The van der Waals surface area contributed by atoms with Crippen LogP contribution in [0.3, 0.4) is 0 Å². The minimum Gasteiger partial charge on any atom is -0.456 e. The lowest BCUT2D eigenvalue weighted by Gasteiger charge is -2.14. The average molecular weight is 447 g/mol. The van der Waals surface area contributed by atoms with Crippen LogP contribution in [0.1, 0.15) is 42.6 Å². The van der Waals surface area contributed by atoms with Crippen molar-refractivity contribution >= 4 is 33.4 Å². The Morgan fingerprint density at radius 3 is 2.19 bits per heavy atom. The van der Waals surface area contributed by atoms with Gasteiger partial charge < -0.3 is 10.1 Å². The van der Waals surface area contributed by atoms with Crippen LogP contribution in [0.5, 0.6) is 0 Å². The number of ether oxygens (including phenoxy) is 1. The van der Waals surface area contributed by atoms with Gasteiger partial charge in [0.25, 0.3) is 0 Å². The quantitative estimate of drug-likeness (QED) is 0.428. The standard InChI is InChI=1S/C22H26N2O6S/c1-4-5-21(26)23-18-10-8-17(9-11-18)20(25)14-30-22(27)16(3)24-31(28,29)19-12-6-15(2)7-13-19/h6-13,16,24H,4-5,14H2,1-3H3,(H,23,26)/t16-/m0/s1. The molecular weight excluding hydrogens is 420 g/mol. The van der Waals surface area contributed by atoms with Crippen LogP contribution in [0.2, 0.25) is 0 Å². The molecule has 166 valence electrons. The van der Waals surface area contributed by atoms with E-state index >= 15 is 0 Å². The molecule has 0 aromatic heterocycles. The maximum Gasteiger partial charge on any atom is 0.324 e. The zero-order valence-electron chi connectivity index (χ0n) is 17.7. The number of hydrogen-bond donors (Lipinski definition) is 2. The Labute approximate surface area is 182 Å². The van der Waals surface area contributed by atoms with Gasteiger partial charge in [-0.25, -0.2) is 8.42 Å². The SMILES string of the molecule is CCCC(=O)Nc1ccc(C(=O)COC(=O)[C@H](C)NS(=O)(=O)c2ccc(C)cc2)cc1. The first-order chi connectivity index (χ1) is 14.6. The third kappa shape index (κ3) is 7.30. The van der Waals surface area contributed by atoms with Crippen molar-refractivity contribution in [1.82, 2.24) is 4.72 Å². The van der Waals surface area contributed by atoms with Crippen LogP contribution in [0.15, 0.2) is 53.4 Å². The van der Waals surface area contributed by atoms with Gasteiger partial charge in [0.2, 0.25) is 15.9 Å². The molecule has 1 atom stereocenters. The number of rotatable bonds is 10. The first-order valence-electron chi connectivity index (χ1n) is 9.81. The third-order valence-corrected chi connectivity index (χ3v) is 5.89. The Morgan fingerprint density at radius 1 is 1.00 bits per heavy atom. The molecule has 2 N–H and O–H groups in total. The number of carbonyl (C=O) groups excluding carboxylic acids is 3. The molecule has 0 bridgehead atoms. The topological polar surface area (TPSA) is 119 Å². The minimum absolute atomic E-state index is 0.0277. The van der Waals surface area contributed by atoms with E-state index in [1.807, 2.05) is 13.8 Å². The molecule has 0 heterocycles. The van der Waals surface area contributed by atoms with Crippen molar-refractivity contribution in [3.8, 4) is 0 Å². The summed E-state index contributed by atoms with van der Waals surface area (Å²) in [4.78, 5) is 36.0. The van der Waals surface area contributed by atoms with Gasteiger partial charge in [-0.2, -0.15) is 4.72 Å². The Bertz CT molecular complexity index is 1030. The first-order valence-corrected chi connectivity index (χ1v) is 11.3. The molecule has 0 aliphatic heterocycles. The Hall–Kier alpha value is -3.04. The Kier molecular flexibility index (Phi) is 8.47. The van der Waals surface area contributed by atoms with E-state index in [1.54, 1.807) is 24.3 Å². The smallest absolute Gasteiger partial charge is 0.324 e. The van der Waals surface area contributed by atoms with Crippen molar-refractivity contribution in [3.05, 3.63) is 59.7 Å². The zero-order chi connectivity index (χ0) is 23.0. The van der Waals surface area contributed by atoms with Gasteiger partial charge in [-0.15, -0.1) is 0 Å². The number of aryl methyl sites for hydroxylation is 1. The summed E-state index contributed by atoms with van der Waals surface area (Å²) in [5.41, 5.74) is 1.77. The fraction of sp³-hybridized carbons (Fsp3) is 0.318. The maximum absolute atomic E-state index is 12.4. The highest BCUT2D eigenvalue weighted by Gasteiger charge is 2.23. The van der Waals surface area contributed by atoms with Crippen molar-refractivity contribution in [2.24, 2.45) is 0 Å². The largest absolute Gasteiger partial charge is 0.456 e. The number of esters is 1. The van der Waals surface area contributed by atoms with E-state index in [4.69, 9.17) is 4.74 Å². The van der Waals surface area contributed by atoms with Gasteiger partial charge in [0.1, 0.15) is 6.04 Å². The molecule has 0 aliphatic carbocycles. The number of anilines is 1. The molecular formula is C22H26N2O6S. The molecule has 0 saturated carbocycles. The fourth-order valence-electron chi connectivity index (χ4n) is 2.60. The monoisotopic (exact) mass is 446 g/mol. The van der Waals surface area contributed by atoms with E-state index in [0.717, 1.165) is 12.0 Å². The molecule has 0 aliphatic rings. The van der Waals surface area contributed by atoms with Crippen LogP contribution >= 0.6 is 0 Å². The summed E-state index contributed by atoms with van der Waals surface area (Å²) < 4.78 is 31.9. The van der Waals surface area contributed by atoms with E-state index in [1.165, 1.54) is 31.2 Å². The number of nitrogens with one attached hydrogen (secondary N) is 2. The summed E-state index contributed by atoms with van der Waals surface area (Å²) in [5.74, 6) is -1.43. The average Bonchev–Trinajstić information content (AvgIpc) is 2.72. The summed E-state index contributed by atoms with van der Waals surface area (Å²) >= 11 is 0. The summed E-state index contributed by atoms with van der Waals surface area (Å²) in [5, 5.41) is 2.71. The van der Waals surface area contributed by atoms with Crippen molar-refractivity contribution in [2.75, 3.05) is 11.9 Å². The first kappa shape index (κ1) is 24.2. The predicted octanol–water partition coefficient (Wildman–Crippen LogP) is 2.83. The summed E-state index contributed by atoms with van der Waals surface area (Å²) in [6.07, 6.45) is 1.13. The van der Waals surface area contributed by atoms with Gasteiger partial charge in [0.05, 0.1) is 4.90 Å². The number of benzene rings is 2. The van der Waals surface area contributed by atoms with Crippen molar-refractivity contribution < 1.29 is 27.5 Å². The zero-order valence-corrected chi connectivity index (χ0v) is 18.5. The van der Waals surface area contributed by atoms with Crippen molar-refractivity contribution in [1.29, 1.82) is 0 Å². The lowest BCUT2D eigenvalue weighted by Crippen LogP contribution is -2.40. The molecule has 9 heteroatoms. The summed E-state index contributed by atoms with van der Waals surface area (Å²) in [7, 11) is -3.90. The molecule has 8 nitrogen and oxygen atoms in total. The molecule has 31 heavy (non-hydrogen) atoms. The molecule has 0 spiro atoms. The van der Waals surface area contributed by atoms with Gasteiger partial charge in [0.15, 0.2) is 12.4 Å². The highest BCUT2D eigenvalue weighted by molar-refractivity contribution is 7.89. The maximum atomic E-state index is 12.4. The molecule has 2 aromatic carbocycles. The second kappa shape index (κ2) is 10.8. The fourth-order valence-corrected chi connectivity index (χ4v) is 3.79. The van der Waals surface area contributed by atoms with Gasteiger partial charge >= 0.3 is 5.97 Å². The van der Waals surface area contributed by atoms with Crippen LogP contribution < -0.4 is 10.0 Å². The number of hydrogen-bond acceptors (Lipinski definition) is 6.